The lowest BCUT2D eigenvalue weighted by Crippen LogP contribution is -2.54. The van der Waals surface area contributed by atoms with Gasteiger partial charge in [0.05, 0.1) is 17.2 Å². The Morgan fingerprint density at radius 1 is 0.718 bits per heavy atom. The molecule has 17 heteroatoms. The maximum atomic E-state index is 13.6. The molecule has 1 unspecified atom stereocenters. The van der Waals surface area contributed by atoms with Crippen molar-refractivity contribution >= 4 is 46.9 Å². The van der Waals surface area contributed by atoms with E-state index in [1.54, 1.807) is 11.0 Å². The van der Waals surface area contributed by atoms with E-state index in [4.69, 9.17) is 15.6 Å². The maximum absolute atomic E-state index is 13.6. The molecule has 71 heavy (non-hydrogen) atoms. The van der Waals surface area contributed by atoms with E-state index in [1.807, 2.05) is 54.6 Å². The van der Waals surface area contributed by atoms with Gasteiger partial charge in [0.2, 0.25) is 11.8 Å². The third kappa shape index (κ3) is 9.15. The summed E-state index contributed by atoms with van der Waals surface area (Å²) in [7, 11) is 0. The van der Waals surface area contributed by atoms with Crippen LogP contribution in [-0.4, -0.2) is 136 Å². The number of piperazine rings is 2. The fourth-order valence-electron chi connectivity index (χ4n) is 11.6. The summed E-state index contributed by atoms with van der Waals surface area (Å²) in [5, 5.41) is 10.8. The number of nitrogens with one attached hydrogen (secondary N) is 2. The van der Waals surface area contributed by atoms with Crippen molar-refractivity contribution in [1.29, 1.82) is 0 Å². The molecule has 3 saturated heterocycles. The number of imide groups is 2. The predicted molar refractivity (Wildman–Crippen MR) is 265 cm³/mol. The van der Waals surface area contributed by atoms with E-state index in [0.717, 1.165) is 99.1 Å². The van der Waals surface area contributed by atoms with Gasteiger partial charge in [-0.25, -0.2) is 4.68 Å². The summed E-state index contributed by atoms with van der Waals surface area (Å²) in [4.78, 5) is 87.4. The van der Waals surface area contributed by atoms with E-state index < -0.39 is 35.6 Å². The summed E-state index contributed by atoms with van der Waals surface area (Å²) >= 11 is 0. The molecule has 1 aliphatic carbocycles. The van der Waals surface area contributed by atoms with Crippen LogP contribution in [0.3, 0.4) is 0 Å². The van der Waals surface area contributed by atoms with Crippen LogP contribution in [0.5, 0.6) is 11.5 Å². The zero-order chi connectivity index (χ0) is 48.8. The van der Waals surface area contributed by atoms with Crippen molar-refractivity contribution in [3.05, 3.63) is 125 Å². The van der Waals surface area contributed by atoms with E-state index in [-0.39, 0.29) is 35.9 Å². The molecule has 17 nitrogen and oxygen atoms in total. The van der Waals surface area contributed by atoms with E-state index in [9.17, 15) is 28.8 Å². The number of rotatable bonds is 11. The van der Waals surface area contributed by atoms with Gasteiger partial charge >= 0.3 is 0 Å². The number of ether oxygens (including phenoxy) is 1. The van der Waals surface area contributed by atoms with Crippen LogP contribution in [0.2, 0.25) is 0 Å². The van der Waals surface area contributed by atoms with E-state index >= 15 is 0 Å². The standard InChI is InChI=1S/C54H58N10O7/c55-49(66)47-48(36-10-17-41(18-11-36)71-40-4-2-1-3-5-40)58-64-44(22-23-56-50(47)64)35-8-15-39(16-9-35)60-26-24-59(25-27-60)33-34-6-13-38(14-7-34)61-28-30-62(31-29-61)52(68)37-12-19-42-43(32-37)54(70)63(53(42)69)45-20-21-46(65)57-51(45)67/h1-7,10-14,17-19,32,35,39,44-45,56H,8-9,15-16,20-31,33H2,(H2,55,66)(H,57,65,67)/t35?,39?,44-,45?/m0/s1. The number of nitrogens with zero attached hydrogens (tertiary/aromatic N) is 7. The van der Waals surface area contributed by atoms with Crippen LogP contribution in [-0.2, 0) is 16.1 Å². The molecule has 4 N–H and O–H groups in total. The fraction of sp³-hybridized carbons (Fsp3) is 0.389. The number of hydrogen-bond acceptors (Lipinski definition) is 12. The number of carbonyl (C=O) groups is 6. The van der Waals surface area contributed by atoms with E-state index in [2.05, 4.69) is 54.3 Å². The Morgan fingerprint density at radius 3 is 2.13 bits per heavy atom. The first-order valence-electron chi connectivity index (χ1n) is 25.0. The molecular weight excluding hydrogens is 901 g/mol. The second-order valence-corrected chi connectivity index (χ2v) is 19.6. The number of anilines is 2. The SMILES string of the molecule is NC(=O)c1c(-c2ccc(Oc3ccccc3)cc2)nn2c1NCC[C@H]2C1CCC(N2CCN(Cc3ccc(N4CCN(C(=O)c5ccc6c(c5)C(=O)N(C5CCC(=O)NC5=O)C6=O)CC4)cc3)CC2)CC1. The van der Waals surface area contributed by atoms with Gasteiger partial charge in [-0.3, -0.25) is 48.8 Å². The Labute approximate surface area is 411 Å². The molecule has 6 heterocycles. The van der Waals surface area contributed by atoms with Crippen molar-refractivity contribution < 1.29 is 33.5 Å². The van der Waals surface area contributed by atoms with Crippen molar-refractivity contribution in [3.8, 4) is 22.8 Å². The molecule has 5 aliphatic heterocycles. The van der Waals surface area contributed by atoms with Gasteiger partial charge in [-0.15, -0.1) is 0 Å². The topological polar surface area (TPSA) is 196 Å². The van der Waals surface area contributed by atoms with Gasteiger partial charge in [-0.1, -0.05) is 30.3 Å². The van der Waals surface area contributed by atoms with Gasteiger partial charge in [-0.2, -0.15) is 5.10 Å². The number of amides is 6. The Hall–Kier alpha value is -7.37. The molecule has 11 rings (SSSR count). The third-order valence-corrected chi connectivity index (χ3v) is 15.5. The molecule has 366 valence electrons. The van der Waals surface area contributed by atoms with Crippen LogP contribution in [0.25, 0.3) is 11.3 Å². The highest BCUT2D eigenvalue weighted by atomic mass is 16.5. The number of para-hydroxylation sites is 1. The van der Waals surface area contributed by atoms with Crippen molar-refractivity contribution in [2.75, 3.05) is 69.1 Å². The zero-order valence-corrected chi connectivity index (χ0v) is 39.6. The average Bonchev–Trinajstić information content (AvgIpc) is 3.91. The molecule has 6 aliphatic rings. The van der Waals surface area contributed by atoms with Crippen molar-refractivity contribution in [2.24, 2.45) is 11.7 Å². The van der Waals surface area contributed by atoms with E-state index in [1.165, 1.54) is 17.7 Å². The first-order chi connectivity index (χ1) is 34.6. The Kier molecular flexibility index (Phi) is 12.6. The number of hydrogen-bond donors (Lipinski definition) is 3. The first kappa shape index (κ1) is 46.0. The number of carbonyl (C=O) groups excluding carboxylic acids is 6. The minimum atomic E-state index is -1.06. The maximum Gasteiger partial charge on any atom is 0.262 e. The van der Waals surface area contributed by atoms with Crippen LogP contribution in [0.4, 0.5) is 11.5 Å². The quantitative estimate of drug-likeness (QED) is 0.140. The molecule has 1 saturated carbocycles. The van der Waals surface area contributed by atoms with Crippen LogP contribution < -0.4 is 26.0 Å². The Bertz CT molecular complexity index is 2860. The van der Waals surface area contributed by atoms with Crippen molar-refractivity contribution in [3.63, 3.8) is 0 Å². The molecule has 6 amide bonds. The smallest absolute Gasteiger partial charge is 0.262 e. The largest absolute Gasteiger partial charge is 0.457 e. The number of fused-ring (bicyclic) bond motifs is 2. The summed E-state index contributed by atoms with van der Waals surface area (Å²) in [6.07, 6.45) is 5.60. The molecule has 4 fully saturated rings. The average molecular weight is 959 g/mol. The van der Waals surface area contributed by atoms with Crippen molar-refractivity contribution in [2.45, 2.75) is 69.6 Å². The highest BCUT2D eigenvalue weighted by molar-refractivity contribution is 6.24. The highest BCUT2D eigenvalue weighted by Crippen LogP contribution is 2.43. The van der Waals surface area contributed by atoms with Crippen molar-refractivity contribution in [1.82, 2.24) is 34.7 Å². The van der Waals surface area contributed by atoms with Gasteiger partial charge in [0.1, 0.15) is 34.6 Å². The predicted octanol–water partition coefficient (Wildman–Crippen LogP) is 5.54. The highest BCUT2D eigenvalue weighted by Gasteiger charge is 2.45. The Balaban J connectivity index is 0.636. The van der Waals surface area contributed by atoms with Crippen LogP contribution in [0.15, 0.2) is 97.1 Å². The lowest BCUT2D eigenvalue weighted by molar-refractivity contribution is -0.136. The van der Waals surface area contributed by atoms with Gasteiger partial charge < -0.3 is 25.6 Å². The molecule has 0 radical (unpaired) electrons. The van der Waals surface area contributed by atoms with Crippen LogP contribution >= 0.6 is 0 Å². The second kappa shape index (κ2) is 19.4. The fourth-order valence-corrected chi connectivity index (χ4v) is 11.6. The summed E-state index contributed by atoms with van der Waals surface area (Å²) in [5.41, 5.74) is 10.8. The van der Waals surface area contributed by atoms with Gasteiger partial charge in [0.15, 0.2) is 0 Å². The molecule has 5 aromatic rings. The van der Waals surface area contributed by atoms with Crippen LogP contribution in [0, 0.1) is 5.92 Å². The number of aromatic nitrogens is 2. The summed E-state index contributed by atoms with van der Waals surface area (Å²) in [6.45, 7) is 8.13. The second-order valence-electron chi connectivity index (χ2n) is 19.6. The monoisotopic (exact) mass is 958 g/mol. The van der Waals surface area contributed by atoms with Gasteiger partial charge in [-0.05, 0) is 117 Å². The van der Waals surface area contributed by atoms with E-state index in [0.29, 0.717) is 60.7 Å². The zero-order valence-electron chi connectivity index (χ0n) is 39.6. The molecular formula is C54H58N10O7. The lowest BCUT2D eigenvalue weighted by atomic mass is 9.79. The normalized spacial score (nSPS) is 23.0. The Morgan fingerprint density at radius 2 is 1.42 bits per heavy atom. The van der Waals surface area contributed by atoms with Gasteiger partial charge in [0, 0.05) is 94.7 Å². The molecule has 0 spiro atoms. The van der Waals surface area contributed by atoms with Gasteiger partial charge in [0.25, 0.3) is 23.6 Å². The first-order valence-corrected chi connectivity index (χ1v) is 25.0. The molecule has 2 atom stereocenters. The summed E-state index contributed by atoms with van der Waals surface area (Å²) in [6, 6.07) is 30.3. The molecule has 4 aromatic carbocycles. The summed E-state index contributed by atoms with van der Waals surface area (Å²) in [5.74, 6) is -0.366. The number of benzene rings is 4. The number of nitrogens with two attached hydrogens (primary N) is 1. The lowest BCUT2D eigenvalue weighted by Gasteiger charge is -2.43. The number of primary amides is 1. The van der Waals surface area contributed by atoms with Crippen LogP contribution in [0.1, 0.15) is 98.0 Å². The summed E-state index contributed by atoms with van der Waals surface area (Å²) < 4.78 is 8.06. The molecule has 0 bridgehead atoms. The third-order valence-electron chi connectivity index (χ3n) is 15.5. The minimum absolute atomic E-state index is 0.0398. The minimum Gasteiger partial charge on any atom is -0.457 e. The molecule has 1 aromatic heterocycles. The number of piperidine rings is 1.